The number of aromatic nitrogens is 4. The summed E-state index contributed by atoms with van der Waals surface area (Å²) in [6.07, 6.45) is 5.17. The zero-order chi connectivity index (χ0) is 19.3. The van der Waals surface area contributed by atoms with Crippen LogP contribution in [0.1, 0.15) is 6.42 Å². The highest BCUT2D eigenvalue weighted by Crippen LogP contribution is 2.27. The molecule has 3 N–H and O–H groups in total. The lowest BCUT2D eigenvalue weighted by Crippen LogP contribution is -2.36. The summed E-state index contributed by atoms with van der Waals surface area (Å²) in [6.45, 7) is 1.16. The molecule has 8 heteroatoms. The fourth-order valence-electron chi connectivity index (χ4n) is 3.50. The minimum absolute atomic E-state index is 0.0836. The SMILES string of the molecule is CNc1cc(N2C[C@H](O)C[C@@H]2CNc2nccnc2-c2ccccc2)ncn1. The lowest BCUT2D eigenvalue weighted by atomic mass is 10.1. The molecule has 3 aromatic rings. The third-order valence-electron chi connectivity index (χ3n) is 4.85. The van der Waals surface area contributed by atoms with E-state index in [1.807, 2.05) is 43.4 Å². The lowest BCUT2D eigenvalue weighted by Gasteiger charge is -2.26. The molecular weight excluding hydrogens is 354 g/mol. The van der Waals surface area contributed by atoms with Crippen molar-refractivity contribution in [2.45, 2.75) is 18.6 Å². The molecule has 1 aliphatic rings. The predicted molar refractivity (Wildman–Crippen MR) is 109 cm³/mol. The van der Waals surface area contributed by atoms with Crippen molar-refractivity contribution in [2.24, 2.45) is 0 Å². The second-order valence-electron chi connectivity index (χ2n) is 6.71. The maximum absolute atomic E-state index is 10.2. The van der Waals surface area contributed by atoms with Crippen LogP contribution in [0.3, 0.4) is 0 Å². The molecule has 2 atom stereocenters. The molecule has 2 aromatic heterocycles. The van der Waals surface area contributed by atoms with Crippen molar-refractivity contribution in [3.8, 4) is 11.3 Å². The molecule has 4 rings (SSSR count). The molecule has 0 saturated carbocycles. The highest BCUT2D eigenvalue weighted by Gasteiger charge is 2.32. The molecular formula is C20H23N7O. The van der Waals surface area contributed by atoms with Crippen LogP contribution in [0.15, 0.2) is 55.1 Å². The van der Waals surface area contributed by atoms with E-state index in [4.69, 9.17) is 0 Å². The van der Waals surface area contributed by atoms with Crippen LogP contribution >= 0.6 is 0 Å². The molecule has 1 fully saturated rings. The van der Waals surface area contributed by atoms with Crippen molar-refractivity contribution in [1.29, 1.82) is 0 Å². The van der Waals surface area contributed by atoms with Gasteiger partial charge in [0.05, 0.1) is 12.1 Å². The van der Waals surface area contributed by atoms with Crippen LogP contribution in [0.5, 0.6) is 0 Å². The van der Waals surface area contributed by atoms with E-state index >= 15 is 0 Å². The van der Waals surface area contributed by atoms with E-state index in [2.05, 4.69) is 35.5 Å². The van der Waals surface area contributed by atoms with Crippen molar-refractivity contribution in [2.75, 3.05) is 35.7 Å². The summed E-state index contributed by atoms with van der Waals surface area (Å²) >= 11 is 0. The Morgan fingerprint density at radius 1 is 1.11 bits per heavy atom. The molecule has 1 aliphatic heterocycles. The highest BCUT2D eigenvalue weighted by atomic mass is 16.3. The third kappa shape index (κ3) is 3.86. The average molecular weight is 377 g/mol. The van der Waals surface area contributed by atoms with Gasteiger partial charge < -0.3 is 20.6 Å². The molecule has 3 heterocycles. The van der Waals surface area contributed by atoms with E-state index < -0.39 is 6.10 Å². The second kappa shape index (κ2) is 8.18. The number of benzene rings is 1. The third-order valence-corrected chi connectivity index (χ3v) is 4.85. The molecule has 0 spiro atoms. The van der Waals surface area contributed by atoms with Crippen LogP contribution in [-0.4, -0.2) is 57.3 Å². The van der Waals surface area contributed by atoms with Gasteiger partial charge in [-0.2, -0.15) is 0 Å². The Labute approximate surface area is 163 Å². The predicted octanol–water partition coefficient (Wildman–Crippen LogP) is 2.03. The Morgan fingerprint density at radius 2 is 1.93 bits per heavy atom. The molecule has 0 amide bonds. The number of β-amino-alcohol motifs (C(OH)–C–C–N with tert-alkyl or cyclic N) is 1. The fraction of sp³-hybridized carbons (Fsp3) is 0.300. The zero-order valence-corrected chi connectivity index (χ0v) is 15.7. The molecule has 0 radical (unpaired) electrons. The number of nitrogens with one attached hydrogen (secondary N) is 2. The van der Waals surface area contributed by atoms with Gasteiger partial charge in [-0.25, -0.2) is 15.0 Å². The molecule has 1 saturated heterocycles. The number of nitrogens with zero attached hydrogens (tertiary/aromatic N) is 5. The first-order valence-electron chi connectivity index (χ1n) is 9.29. The molecule has 0 aliphatic carbocycles. The van der Waals surface area contributed by atoms with Gasteiger partial charge in [-0.15, -0.1) is 0 Å². The molecule has 0 bridgehead atoms. The van der Waals surface area contributed by atoms with Crippen LogP contribution in [0.4, 0.5) is 17.5 Å². The van der Waals surface area contributed by atoms with Gasteiger partial charge in [0.1, 0.15) is 23.7 Å². The summed E-state index contributed by atoms with van der Waals surface area (Å²) in [5, 5.41) is 16.7. The van der Waals surface area contributed by atoms with Gasteiger partial charge in [-0.1, -0.05) is 30.3 Å². The lowest BCUT2D eigenvalue weighted by molar-refractivity contribution is 0.194. The van der Waals surface area contributed by atoms with Crippen LogP contribution in [0.25, 0.3) is 11.3 Å². The van der Waals surface area contributed by atoms with E-state index in [0.717, 1.165) is 28.7 Å². The number of aliphatic hydroxyl groups excluding tert-OH is 1. The molecule has 144 valence electrons. The monoisotopic (exact) mass is 377 g/mol. The average Bonchev–Trinajstić information content (AvgIpc) is 3.13. The van der Waals surface area contributed by atoms with Crippen LogP contribution < -0.4 is 15.5 Å². The van der Waals surface area contributed by atoms with Crippen molar-refractivity contribution >= 4 is 17.5 Å². The minimum Gasteiger partial charge on any atom is -0.391 e. The van der Waals surface area contributed by atoms with E-state index in [1.165, 1.54) is 6.33 Å². The van der Waals surface area contributed by atoms with Crippen molar-refractivity contribution in [3.05, 3.63) is 55.1 Å². The first-order valence-corrected chi connectivity index (χ1v) is 9.29. The van der Waals surface area contributed by atoms with Gasteiger partial charge in [0.15, 0.2) is 5.82 Å². The van der Waals surface area contributed by atoms with Gasteiger partial charge in [-0.05, 0) is 6.42 Å². The maximum atomic E-state index is 10.2. The van der Waals surface area contributed by atoms with E-state index in [0.29, 0.717) is 19.5 Å². The van der Waals surface area contributed by atoms with Gasteiger partial charge in [0, 0.05) is 44.2 Å². The summed E-state index contributed by atoms with van der Waals surface area (Å²) in [5.74, 6) is 2.28. The molecule has 0 unspecified atom stereocenters. The minimum atomic E-state index is -0.393. The van der Waals surface area contributed by atoms with Gasteiger partial charge >= 0.3 is 0 Å². The number of rotatable bonds is 6. The Balaban J connectivity index is 1.53. The van der Waals surface area contributed by atoms with Crippen molar-refractivity contribution < 1.29 is 5.11 Å². The molecule has 28 heavy (non-hydrogen) atoms. The van der Waals surface area contributed by atoms with E-state index in [1.54, 1.807) is 12.4 Å². The van der Waals surface area contributed by atoms with E-state index in [9.17, 15) is 5.11 Å². The van der Waals surface area contributed by atoms with Crippen LogP contribution in [0, 0.1) is 0 Å². The number of aliphatic hydroxyl groups is 1. The Morgan fingerprint density at radius 3 is 2.75 bits per heavy atom. The number of hydrogen-bond acceptors (Lipinski definition) is 8. The standard InChI is InChI=1S/C20H23N7O/c1-21-17-10-18(26-13-25-17)27-12-16(28)9-15(27)11-24-20-19(22-7-8-23-20)14-5-3-2-4-6-14/h2-8,10,13,15-16,28H,9,11-12H2,1H3,(H,23,24)(H,21,25,26)/t15-,16-/m1/s1. The normalized spacial score (nSPS) is 18.9. The molecule has 8 nitrogen and oxygen atoms in total. The summed E-state index contributed by atoms with van der Waals surface area (Å²) in [4.78, 5) is 19.6. The largest absolute Gasteiger partial charge is 0.391 e. The smallest absolute Gasteiger partial charge is 0.152 e. The topological polar surface area (TPSA) is 99.1 Å². The summed E-state index contributed by atoms with van der Waals surface area (Å²) in [7, 11) is 1.82. The van der Waals surface area contributed by atoms with Gasteiger partial charge in [0.2, 0.25) is 0 Å². The summed E-state index contributed by atoms with van der Waals surface area (Å²) < 4.78 is 0. The van der Waals surface area contributed by atoms with Crippen LogP contribution in [-0.2, 0) is 0 Å². The number of anilines is 3. The van der Waals surface area contributed by atoms with E-state index in [-0.39, 0.29) is 6.04 Å². The van der Waals surface area contributed by atoms with Crippen molar-refractivity contribution in [3.63, 3.8) is 0 Å². The zero-order valence-electron chi connectivity index (χ0n) is 15.7. The molecule has 1 aromatic carbocycles. The Kier molecular flexibility index (Phi) is 5.29. The Hall–Kier alpha value is -3.26. The number of hydrogen-bond donors (Lipinski definition) is 3. The van der Waals surface area contributed by atoms with Crippen molar-refractivity contribution in [1.82, 2.24) is 19.9 Å². The quantitative estimate of drug-likeness (QED) is 0.600. The highest BCUT2D eigenvalue weighted by molar-refractivity contribution is 5.71. The summed E-state index contributed by atoms with van der Waals surface area (Å²) in [5.41, 5.74) is 1.82. The van der Waals surface area contributed by atoms with Gasteiger partial charge in [0.25, 0.3) is 0 Å². The first kappa shape index (κ1) is 18.1. The Bertz CT molecular complexity index is 921. The van der Waals surface area contributed by atoms with Crippen LogP contribution in [0.2, 0.25) is 0 Å². The second-order valence-corrected chi connectivity index (χ2v) is 6.71. The summed E-state index contributed by atoms with van der Waals surface area (Å²) in [6, 6.07) is 11.9. The maximum Gasteiger partial charge on any atom is 0.152 e. The van der Waals surface area contributed by atoms with Gasteiger partial charge in [-0.3, -0.25) is 4.98 Å². The first-order chi connectivity index (χ1) is 13.7. The fourth-order valence-corrected chi connectivity index (χ4v) is 3.50.